The zero-order chi connectivity index (χ0) is 16.1. The molecule has 0 spiro atoms. The van der Waals surface area contributed by atoms with E-state index >= 15 is 0 Å². The molecule has 0 aliphatic carbocycles. The Bertz CT molecular complexity index is 299. The van der Waals surface area contributed by atoms with Gasteiger partial charge in [-0.15, -0.1) is 0 Å². The molecule has 0 heterocycles. The SMILES string of the molecule is C/C=C/C.C=C(C)/C(C)=C(\C=C/C)C(C)(C)C.CC. The first-order valence-electron chi connectivity index (χ1n) is 7.29. The Labute approximate surface area is 123 Å². The van der Waals surface area contributed by atoms with Gasteiger partial charge in [0.15, 0.2) is 0 Å². The van der Waals surface area contributed by atoms with Crippen LogP contribution in [0.5, 0.6) is 0 Å². The molecule has 0 amide bonds. The van der Waals surface area contributed by atoms with Crippen LogP contribution in [-0.4, -0.2) is 0 Å². The van der Waals surface area contributed by atoms with Crippen molar-refractivity contribution in [1.82, 2.24) is 0 Å². The molecule has 0 atom stereocenters. The Morgan fingerprint density at radius 3 is 1.37 bits per heavy atom. The van der Waals surface area contributed by atoms with Crippen molar-refractivity contribution in [3.63, 3.8) is 0 Å². The minimum atomic E-state index is 0.204. The van der Waals surface area contributed by atoms with Crippen molar-refractivity contribution in [2.24, 2.45) is 5.41 Å². The quantitative estimate of drug-likeness (QED) is 0.368. The number of allylic oxidation sites excluding steroid dienone is 7. The Hall–Kier alpha value is -1.04. The molecule has 0 fully saturated rings. The second kappa shape index (κ2) is 13.4. The fourth-order valence-corrected chi connectivity index (χ4v) is 1.33. The number of hydrogen-bond acceptors (Lipinski definition) is 0. The van der Waals surface area contributed by atoms with Crippen molar-refractivity contribution in [2.75, 3.05) is 0 Å². The molecule has 0 aromatic heterocycles. The van der Waals surface area contributed by atoms with Crippen LogP contribution in [0.3, 0.4) is 0 Å². The van der Waals surface area contributed by atoms with E-state index in [0.29, 0.717) is 0 Å². The van der Waals surface area contributed by atoms with Gasteiger partial charge in [0.25, 0.3) is 0 Å². The average Bonchev–Trinajstić information content (AvgIpc) is 2.36. The summed E-state index contributed by atoms with van der Waals surface area (Å²) in [4.78, 5) is 0. The zero-order valence-corrected chi connectivity index (χ0v) is 15.0. The van der Waals surface area contributed by atoms with Crippen LogP contribution in [-0.2, 0) is 0 Å². The molecule has 0 radical (unpaired) electrons. The Kier molecular flexibility index (Phi) is 16.3. The highest BCUT2D eigenvalue weighted by molar-refractivity contribution is 5.39. The molecule has 19 heavy (non-hydrogen) atoms. The molecular weight excluding hydrogens is 228 g/mol. The van der Waals surface area contributed by atoms with Gasteiger partial charge in [0.2, 0.25) is 0 Å². The Morgan fingerprint density at radius 1 is 0.842 bits per heavy atom. The second-order valence-electron chi connectivity index (χ2n) is 5.24. The summed E-state index contributed by atoms with van der Waals surface area (Å²) >= 11 is 0. The molecule has 0 aromatic rings. The molecule has 0 saturated carbocycles. The molecule has 0 unspecified atom stereocenters. The monoisotopic (exact) mass is 264 g/mol. The number of rotatable bonds is 2. The van der Waals surface area contributed by atoms with E-state index in [-0.39, 0.29) is 5.41 Å². The summed E-state index contributed by atoms with van der Waals surface area (Å²) in [6.07, 6.45) is 8.27. The van der Waals surface area contributed by atoms with Gasteiger partial charge in [0.05, 0.1) is 0 Å². The lowest BCUT2D eigenvalue weighted by atomic mass is 9.82. The minimum Gasteiger partial charge on any atom is -0.0958 e. The van der Waals surface area contributed by atoms with Crippen LogP contribution in [0.25, 0.3) is 0 Å². The molecule has 0 heteroatoms. The van der Waals surface area contributed by atoms with E-state index in [0.717, 1.165) is 5.57 Å². The van der Waals surface area contributed by atoms with Gasteiger partial charge in [0.1, 0.15) is 0 Å². The van der Waals surface area contributed by atoms with Crippen molar-refractivity contribution >= 4 is 0 Å². The summed E-state index contributed by atoms with van der Waals surface area (Å²) < 4.78 is 0. The maximum atomic E-state index is 3.98. The van der Waals surface area contributed by atoms with Crippen molar-refractivity contribution < 1.29 is 0 Å². The summed E-state index contributed by atoms with van der Waals surface area (Å²) in [5.41, 5.74) is 4.05. The standard InChI is InChI=1S/C13H22.C4H8.C2H6/c1-8-9-12(13(5,6)7)11(4)10(2)3;1-3-4-2;1-2/h8-9H,2H2,1,3-7H3;3-4H,1-2H3;1-2H3/b9-8-,12-11+;4-3+;. The predicted molar refractivity (Wildman–Crippen MR) is 93.6 cm³/mol. The summed E-state index contributed by atoms with van der Waals surface area (Å²) in [5, 5.41) is 0. The first kappa shape index (κ1) is 23.1. The van der Waals surface area contributed by atoms with Crippen LogP contribution >= 0.6 is 0 Å². The van der Waals surface area contributed by atoms with E-state index < -0.39 is 0 Å². The summed E-state index contributed by atoms with van der Waals surface area (Å²) in [7, 11) is 0. The van der Waals surface area contributed by atoms with E-state index in [2.05, 4.69) is 60.3 Å². The molecule has 0 N–H and O–H groups in total. The van der Waals surface area contributed by atoms with Crippen LogP contribution in [0.4, 0.5) is 0 Å². The van der Waals surface area contributed by atoms with Gasteiger partial charge >= 0.3 is 0 Å². The van der Waals surface area contributed by atoms with Crippen LogP contribution in [0.1, 0.15) is 69.2 Å². The van der Waals surface area contributed by atoms with Gasteiger partial charge < -0.3 is 0 Å². The molecule has 0 saturated heterocycles. The Morgan fingerprint density at radius 2 is 1.21 bits per heavy atom. The van der Waals surface area contributed by atoms with Gasteiger partial charge in [-0.2, -0.15) is 0 Å². The van der Waals surface area contributed by atoms with Gasteiger partial charge in [-0.3, -0.25) is 0 Å². The fourth-order valence-electron chi connectivity index (χ4n) is 1.33. The minimum absolute atomic E-state index is 0.204. The van der Waals surface area contributed by atoms with Crippen LogP contribution in [0, 0.1) is 5.41 Å². The van der Waals surface area contributed by atoms with E-state index in [9.17, 15) is 0 Å². The number of hydrogen-bond donors (Lipinski definition) is 0. The zero-order valence-electron chi connectivity index (χ0n) is 15.0. The summed E-state index contributed by atoms with van der Waals surface area (Å²) in [6.45, 7) is 24.9. The first-order chi connectivity index (χ1) is 8.72. The van der Waals surface area contributed by atoms with E-state index in [1.165, 1.54) is 11.1 Å². The maximum Gasteiger partial charge on any atom is -0.0129 e. The smallest absolute Gasteiger partial charge is 0.0129 e. The Balaban J connectivity index is -0.000000361. The van der Waals surface area contributed by atoms with Crippen LogP contribution in [0.15, 0.2) is 47.6 Å². The fraction of sp³-hybridized carbons (Fsp3) is 0.579. The third-order valence-corrected chi connectivity index (χ3v) is 2.52. The molecule has 0 aliphatic heterocycles. The van der Waals surface area contributed by atoms with Crippen LogP contribution < -0.4 is 0 Å². The van der Waals surface area contributed by atoms with Gasteiger partial charge in [0, 0.05) is 0 Å². The lowest BCUT2D eigenvalue weighted by molar-refractivity contribution is 0.512. The first-order valence-corrected chi connectivity index (χ1v) is 7.29. The van der Waals surface area contributed by atoms with Crippen LogP contribution in [0.2, 0.25) is 0 Å². The van der Waals surface area contributed by atoms with Crippen molar-refractivity contribution in [3.8, 4) is 0 Å². The highest BCUT2D eigenvalue weighted by Gasteiger charge is 2.16. The van der Waals surface area contributed by atoms with Gasteiger partial charge in [-0.1, -0.05) is 71.1 Å². The van der Waals surface area contributed by atoms with E-state index in [1.807, 2.05) is 39.8 Å². The maximum absolute atomic E-state index is 3.98. The third kappa shape index (κ3) is 13.2. The molecule has 112 valence electrons. The lowest BCUT2D eigenvalue weighted by Crippen LogP contribution is -2.10. The highest BCUT2D eigenvalue weighted by atomic mass is 14.2. The second-order valence-corrected chi connectivity index (χ2v) is 5.24. The van der Waals surface area contributed by atoms with Crippen molar-refractivity contribution in [1.29, 1.82) is 0 Å². The third-order valence-electron chi connectivity index (χ3n) is 2.52. The molecule has 0 rings (SSSR count). The molecule has 0 aliphatic rings. The van der Waals surface area contributed by atoms with Crippen molar-refractivity contribution in [3.05, 3.63) is 47.6 Å². The normalized spacial score (nSPS) is 12.3. The molecule has 0 aromatic carbocycles. The van der Waals surface area contributed by atoms with Crippen molar-refractivity contribution in [2.45, 2.75) is 69.2 Å². The van der Waals surface area contributed by atoms with E-state index in [1.54, 1.807) is 0 Å². The molecule has 0 bridgehead atoms. The summed E-state index contributed by atoms with van der Waals surface area (Å²) in [5.74, 6) is 0. The highest BCUT2D eigenvalue weighted by Crippen LogP contribution is 2.31. The lowest BCUT2D eigenvalue weighted by Gasteiger charge is -2.23. The average molecular weight is 264 g/mol. The largest absolute Gasteiger partial charge is 0.0958 e. The predicted octanol–water partition coefficient (Wildman–Crippen LogP) is 7.11. The topological polar surface area (TPSA) is 0 Å². The summed E-state index contributed by atoms with van der Waals surface area (Å²) in [6, 6.07) is 0. The van der Waals surface area contributed by atoms with E-state index in [4.69, 9.17) is 0 Å². The molecule has 0 nitrogen and oxygen atoms in total. The molecular formula is C19H36. The van der Waals surface area contributed by atoms with Gasteiger partial charge in [-0.05, 0) is 51.2 Å². The van der Waals surface area contributed by atoms with Gasteiger partial charge in [-0.25, -0.2) is 0 Å².